The summed E-state index contributed by atoms with van der Waals surface area (Å²) < 4.78 is 33.9. The van der Waals surface area contributed by atoms with Gasteiger partial charge in [-0.25, -0.2) is 4.79 Å². The van der Waals surface area contributed by atoms with E-state index in [1.807, 2.05) is 36.4 Å². The summed E-state index contributed by atoms with van der Waals surface area (Å²) in [5, 5.41) is 11.5. The molecule has 3 fully saturated rings. The van der Waals surface area contributed by atoms with Crippen LogP contribution >= 0.6 is 0 Å². The van der Waals surface area contributed by atoms with Crippen molar-refractivity contribution in [2.75, 3.05) is 39.3 Å². The number of hydrogen-bond acceptors (Lipinski definition) is 4. The fourth-order valence-electron chi connectivity index (χ4n) is 4.54. The molecule has 2 N–H and O–H groups in total. The van der Waals surface area contributed by atoms with Gasteiger partial charge in [-0.1, -0.05) is 18.2 Å². The Morgan fingerprint density at radius 2 is 1.69 bits per heavy atom. The highest BCUT2D eigenvalue weighted by Gasteiger charge is 2.38. The molecule has 3 atom stereocenters. The van der Waals surface area contributed by atoms with Crippen LogP contribution in [-0.4, -0.2) is 82.8 Å². The van der Waals surface area contributed by atoms with Gasteiger partial charge in [0.2, 0.25) is 0 Å². The first-order valence-corrected chi connectivity index (χ1v) is 11.4. The second-order valence-corrected chi connectivity index (χ2v) is 8.65. The van der Waals surface area contributed by atoms with Crippen molar-refractivity contribution >= 4 is 22.8 Å². The summed E-state index contributed by atoms with van der Waals surface area (Å²) in [5.41, 5.74) is 2.96. The maximum absolute atomic E-state index is 12.6. The number of carboxylic acid groups (broad SMARTS) is 1. The van der Waals surface area contributed by atoms with Gasteiger partial charge >= 0.3 is 12.1 Å². The number of nitrogens with zero attached hydrogens (tertiary/aromatic N) is 3. The van der Waals surface area contributed by atoms with Gasteiger partial charge in [-0.05, 0) is 61.3 Å². The molecule has 2 bridgehead atoms. The fourth-order valence-corrected chi connectivity index (χ4v) is 4.54. The van der Waals surface area contributed by atoms with Crippen molar-refractivity contribution in [1.29, 1.82) is 0 Å². The molecule has 1 aromatic heterocycles. The number of halogens is 3. The topological polar surface area (TPSA) is 77.8 Å². The van der Waals surface area contributed by atoms with Gasteiger partial charge in [0.1, 0.15) is 0 Å². The summed E-state index contributed by atoms with van der Waals surface area (Å²) in [5.74, 6) is -2.74. The molecule has 10 heteroatoms. The Labute approximate surface area is 200 Å². The quantitative estimate of drug-likeness (QED) is 0.589. The average Bonchev–Trinajstić information content (AvgIpc) is 3.01. The summed E-state index contributed by atoms with van der Waals surface area (Å²) >= 11 is 0. The Balaban J connectivity index is 0.000000364. The number of carbonyl (C=O) groups excluding carboxylic acids is 1. The smallest absolute Gasteiger partial charge is 0.475 e. The van der Waals surface area contributed by atoms with Crippen molar-refractivity contribution in [3.63, 3.8) is 0 Å². The van der Waals surface area contributed by atoms with Gasteiger partial charge < -0.3 is 19.9 Å². The van der Waals surface area contributed by atoms with Crippen molar-refractivity contribution in [3.05, 3.63) is 66.4 Å². The number of carboxylic acids is 1. The lowest BCUT2D eigenvalue weighted by Crippen LogP contribution is -2.54. The van der Waals surface area contributed by atoms with Gasteiger partial charge in [-0.2, -0.15) is 13.2 Å². The first-order valence-electron chi connectivity index (χ1n) is 11.4. The number of para-hydroxylation sites is 1. The molecule has 4 heterocycles. The van der Waals surface area contributed by atoms with E-state index < -0.39 is 12.1 Å². The second-order valence-electron chi connectivity index (χ2n) is 8.65. The molecular weight excluding hydrogens is 461 g/mol. The van der Waals surface area contributed by atoms with Crippen LogP contribution in [0, 0.1) is 0 Å². The summed E-state index contributed by atoms with van der Waals surface area (Å²) in [7, 11) is 0. The number of hydrogen-bond donors (Lipinski definition) is 2. The third kappa shape index (κ3) is 6.01. The molecule has 6 rings (SSSR count). The van der Waals surface area contributed by atoms with E-state index in [2.05, 4.69) is 44.1 Å². The van der Waals surface area contributed by atoms with E-state index in [0.717, 1.165) is 31.9 Å². The lowest BCUT2D eigenvalue weighted by Gasteiger charge is -2.37. The molecule has 3 aliphatic heterocycles. The van der Waals surface area contributed by atoms with Crippen molar-refractivity contribution in [2.24, 2.45) is 0 Å². The molecule has 3 saturated heterocycles. The molecule has 186 valence electrons. The van der Waals surface area contributed by atoms with Crippen LogP contribution in [-0.2, 0) is 4.79 Å². The molecule has 7 nitrogen and oxygen atoms in total. The van der Waals surface area contributed by atoms with E-state index in [-0.39, 0.29) is 5.91 Å². The largest absolute Gasteiger partial charge is 0.490 e. The van der Waals surface area contributed by atoms with E-state index in [0.29, 0.717) is 11.6 Å². The minimum absolute atomic E-state index is 0.0141. The SMILES string of the molecule is O=C(NCC1CN2CCCN1CC2)c1ccc(-n2ccc3ccccc32)cc1.O=C(O)C(F)(F)F. The first kappa shape index (κ1) is 24.7. The molecule has 35 heavy (non-hydrogen) atoms. The molecule has 3 unspecified atom stereocenters. The highest BCUT2D eigenvalue weighted by molar-refractivity contribution is 5.94. The number of aliphatic carboxylic acids is 1. The highest BCUT2D eigenvalue weighted by Crippen LogP contribution is 2.21. The summed E-state index contributed by atoms with van der Waals surface area (Å²) in [6.07, 6.45) is -1.77. The maximum atomic E-state index is 12.6. The predicted octanol–water partition coefficient (Wildman–Crippen LogP) is 3.38. The Hall–Kier alpha value is -3.37. The Morgan fingerprint density at radius 3 is 2.40 bits per heavy atom. The van der Waals surface area contributed by atoms with Gasteiger partial charge in [0.25, 0.3) is 5.91 Å². The lowest BCUT2D eigenvalue weighted by molar-refractivity contribution is -0.192. The fraction of sp³-hybridized carbons (Fsp3) is 0.360. The van der Waals surface area contributed by atoms with Crippen LogP contribution in [0.2, 0.25) is 0 Å². The molecule has 0 saturated carbocycles. The van der Waals surface area contributed by atoms with E-state index in [4.69, 9.17) is 9.90 Å². The van der Waals surface area contributed by atoms with Gasteiger partial charge in [-0.3, -0.25) is 9.69 Å². The summed E-state index contributed by atoms with van der Waals surface area (Å²) in [6.45, 7) is 6.42. The molecule has 0 spiro atoms. The van der Waals surface area contributed by atoms with Crippen molar-refractivity contribution in [2.45, 2.75) is 18.6 Å². The molecule has 2 aromatic carbocycles. The number of nitrogens with one attached hydrogen (secondary N) is 1. The minimum Gasteiger partial charge on any atom is -0.475 e. The maximum Gasteiger partial charge on any atom is 0.490 e. The normalized spacial score (nSPS) is 21.6. The first-order chi connectivity index (χ1) is 16.7. The van der Waals surface area contributed by atoms with Crippen LogP contribution in [0.4, 0.5) is 13.2 Å². The number of amides is 1. The van der Waals surface area contributed by atoms with Crippen LogP contribution in [0.25, 0.3) is 16.6 Å². The van der Waals surface area contributed by atoms with Crippen molar-refractivity contribution in [3.8, 4) is 5.69 Å². The van der Waals surface area contributed by atoms with Gasteiger partial charge in [0, 0.05) is 49.7 Å². The Morgan fingerprint density at radius 1 is 0.971 bits per heavy atom. The molecular formula is C25H27F3N4O3. The summed E-state index contributed by atoms with van der Waals surface area (Å²) in [6, 6.07) is 18.7. The van der Waals surface area contributed by atoms with Crippen LogP contribution in [0.15, 0.2) is 60.8 Å². The third-order valence-electron chi connectivity index (χ3n) is 6.36. The molecule has 3 aliphatic rings. The zero-order chi connectivity index (χ0) is 25.0. The Bertz CT molecular complexity index is 1170. The number of carbonyl (C=O) groups is 2. The second kappa shape index (κ2) is 10.5. The van der Waals surface area contributed by atoms with Crippen LogP contribution in [0.3, 0.4) is 0 Å². The number of alkyl halides is 3. The molecule has 3 aromatic rings. The van der Waals surface area contributed by atoms with E-state index in [9.17, 15) is 18.0 Å². The average molecular weight is 489 g/mol. The number of piperazine rings is 1. The highest BCUT2D eigenvalue weighted by atomic mass is 19.4. The van der Waals surface area contributed by atoms with Gasteiger partial charge in [-0.15, -0.1) is 0 Å². The lowest BCUT2D eigenvalue weighted by atomic mass is 10.1. The summed E-state index contributed by atoms with van der Waals surface area (Å²) in [4.78, 5) is 26.6. The monoisotopic (exact) mass is 488 g/mol. The van der Waals surface area contributed by atoms with Gasteiger partial charge in [0.15, 0.2) is 0 Å². The van der Waals surface area contributed by atoms with Crippen LogP contribution < -0.4 is 5.32 Å². The number of rotatable bonds is 4. The van der Waals surface area contributed by atoms with E-state index in [1.165, 1.54) is 30.4 Å². The van der Waals surface area contributed by atoms with Crippen LogP contribution in [0.1, 0.15) is 16.8 Å². The standard InChI is InChI=1S/C23H26N4O.C2HF3O2/c28-23(24-16-21-17-25-11-3-12-26(21)15-14-25)19-6-8-20(9-7-19)27-13-10-18-4-1-2-5-22(18)27;3-2(4,5)1(6)7/h1-2,4-10,13,21H,3,11-12,14-17H2,(H,24,28);(H,6,7). The third-order valence-corrected chi connectivity index (χ3v) is 6.36. The number of aromatic nitrogens is 1. The van der Waals surface area contributed by atoms with Crippen LogP contribution in [0.5, 0.6) is 0 Å². The molecule has 1 amide bonds. The Kier molecular flexibility index (Phi) is 7.42. The zero-order valence-corrected chi connectivity index (χ0v) is 19.0. The van der Waals surface area contributed by atoms with Gasteiger partial charge in [0.05, 0.1) is 5.52 Å². The van der Waals surface area contributed by atoms with E-state index in [1.54, 1.807) is 0 Å². The zero-order valence-electron chi connectivity index (χ0n) is 19.0. The van der Waals surface area contributed by atoms with Crippen molar-refractivity contribution in [1.82, 2.24) is 19.7 Å². The minimum atomic E-state index is -5.08. The van der Waals surface area contributed by atoms with Crippen molar-refractivity contribution < 1.29 is 27.9 Å². The molecule has 0 aliphatic carbocycles. The predicted molar refractivity (Wildman–Crippen MR) is 126 cm³/mol. The number of fused-ring (bicyclic) bond motifs is 5. The molecule has 0 radical (unpaired) electrons. The van der Waals surface area contributed by atoms with E-state index >= 15 is 0 Å². The number of benzene rings is 2.